The van der Waals surface area contributed by atoms with E-state index >= 15 is 0 Å². The van der Waals surface area contributed by atoms with Crippen LogP contribution in [0, 0.1) is 0 Å². The van der Waals surface area contributed by atoms with E-state index in [2.05, 4.69) is 16.0 Å². The molecule has 3 rings (SSSR count). The van der Waals surface area contributed by atoms with Gasteiger partial charge in [0.1, 0.15) is 0 Å². The lowest BCUT2D eigenvalue weighted by molar-refractivity contribution is 0.634. The van der Waals surface area contributed by atoms with Crippen LogP contribution in [0.4, 0.5) is 0 Å². The maximum Gasteiger partial charge on any atom is 0.279 e. The van der Waals surface area contributed by atoms with E-state index in [1.54, 1.807) is 24.3 Å². The number of hydrogen-bond acceptors (Lipinski definition) is 4. The third-order valence-electron chi connectivity index (χ3n) is 3.35. The highest BCUT2D eigenvalue weighted by molar-refractivity contribution is 7.80. The predicted molar refractivity (Wildman–Crippen MR) is 93.2 cm³/mol. The second kappa shape index (κ2) is 6.55. The highest BCUT2D eigenvalue weighted by Gasteiger charge is 2.09. The van der Waals surface area contributed by atoms with E-state index in [1.807, 2.05) is 30.3 Å². The van der Waals surface area contributed by atoms with Crippen molar-refractivity contribution in [3.8, 4) is 0 Å². The summed E-state index contributed by atoms with van der Waals surface area (Å²) in [5.74, 6) is 0. The summed E-state index contributed by atoms with van der Waals surface area (Å²) >= 11 is 5.17. The molecule has 0 aliphatic rings. The highest BCUT2D eigenvalue weighted by Crippen LogP contribution is 2.02. The average molecular weight is 326 g/mol. The van der Waals surface area contributed by atoms with Crippen molar-refractivity contribution < 1.29 is 0 Å². The summed E-state index contributed by atoms with van der Waals surface area (Å²) in [7, 11) is 0. The lowest BCUT2D eigenvalue weighted by atomic mass is 10.2. The fraction of sp³-hybridized carbons (Fsp3) is 0.0625. The quantitative estimate of drug-likeness (QED) is 0.496. The largest absolute Gasteiger partial charge is 0.296 e. The Morgan fingerprint density at radius 2 is 1.65 bits per heavy atom. The number of rotatable bonds is 3. The molecule has 0 aliphatic heterocycles. The molecule has 0 spiro atoms. The molecular weight excluding hydrogens is 312 g/mol. The molecule has 3 N–H and O–H groups in total. The van der Waals surface area contributed by atoms with Gasteiger partial charge in [-0.15, -0.1) is 0 Å². The van der Waals surface area contributed by atoms with Crippen LogP contribution in [0.1, 0.15) is 5.56 Å². The number of H-pyrrole nitrogens is 1. The van der Waals surface area contributed by atoms with Gasteiger partial charge < -0.3 is 0 Å². The van der Waals surface area contributed by atoms with E-state index in [-0.39, 0.29) is 16.2 Å². The summed E-state index contributed by atoms with van der Waals surface area (Å²) in [5.41, 5.74) is 5.99. The first-order valence-electron chi connectivity index (χ1n) is 6.98. The Morgan fingerprint density at radius 1 is 1.00 bits per heavy atom. The molecule has 0 unspecified atom stereocenters. The Balaban J connectivity index is 1.80. The predicted octanol–water partition coefficient (Wildman–Crippen LogP) is 1.12. The maximum atomic E-state index is 12.4. The Hall–Kier alpha value is -2.77. The van der Waals surface area contributed by atoms with Crippen LogP contribution in [0.5, 0.6) is 0 Å². The summed E-state index contributed by atoms with van der Waals surface area (Å²) < 4.78 is 1.03. The van der Waals surface area contributed by atoms with Crippen molar-refractivity contribution in [3.05, 3.63) is 80.9 Å². The Bertz CT molecular complexity index is 963. The number of hydrazine groups is 1. The molecule has 0 saturated heterocycles. The molecule has 0 saturated carbocycles. The van der Waals surface area contributed by atoms with Crippen LogP contribution in [-0.4, -0.2) is 14.9 Å². The number of nitrogens with one attached hydrogen (secondary N) is 3. The molecule has 0 fully saturated rings. The zero-order valence-corrected chi connectivity index (χ0v) is 12.9. The second-order valence-corrected chi connectivity index (χ2v) is 5.28. The van der Waals surface area contributed by atoms with Crippen LogP contribution >= 0.6 is 12.2 Å². The number of hydrogen-bond donors (Lipinski definition) is 3. The van der Waals surface area contributed by atoms with Crippen molar-refractivity contribution in [2.45, 2.75) is 6.54 Å². The molecule has 23 heavy (non-hydrogen) atoms. The molecule has 3 aromatic rings. The molecule has 7 heteroatoms. The Morgan fingerprint density at radius 3 is 2.39 bits per heavy atom. The number of aromatic amines is 1. The van der Waals surface area contributed by atoms with Gasteiger partial charge in [0.05, 0.1) is 10.8 Å². The Kier molecular flexibility index (Phi) is 4.31. The zero-order valence-electron chi connectivity index (χ0n) is 12.1. The topological polar surface area (TPSA) is 78.9 Å². The normalized spacial score (nSPS) is 10.6. The van der Waals surface area contributed by atoms with E-state index in [0.717, 1.165) is 10.2 Å². The lowest BCUT2D eigenvalue weighted by Gasteiger charge is -2.11. The van der Waals surface area contributed by atoms with Crippen LogP contribution in [0.2, 0.25) is 0 Å². The molecule has 1 heterocycles. The number of aromatic nitrogens is 2. The van der Waals surface area contributed by atoms with Gasteiger partial charge in [-0.25, -0.2) is 5.43 Å². The monoisotopic (exact) mass is 326 g/mol. The third kappa shape index (κ3) is 3.20. The fourth-order valence-corrected chi connectivity index (χ4v) is 2.42. The first-order chi connectivity index (χ1) is 11.2. The van der Waals surface area contributed by atoms with Crippen molar-refractivity contribution in [1.82, 2.24) is 20.6 Å². The summed E-state index contributed by atoms with van der Waals surface area (Å²) in [4.78, 5) is 24.4. The minimum atomic E-state index is -0.376. The summed E-state index contributed by atoms with van der Waals surface area (Å²) in [6, 6.07) is 16.3. The van der Waals surface area contributed by atoms with Crippen LogP contribution in [0.25, 0.3) is 10.8 Å². The van der Waals surface area contributed by atoms with Gasteiger partial charge in [-0.1, -0.05) is 42.5 Å². The molecule has 6 nitrogen and oxygen atoms in total. The van der Waals surface area contributed by atoms with Gasteiger partial charge in [-0.2, -0.15) is 4.68 Å². The van der Waals surface area contributed by atoms with Crippen LogP contribution < -0.4 is 22.0 Å². The van der Waals surface area contributed by atoms with Crippen LogP contribution in [0.15, 0.2) is 64.2 Å². The number of fused-ring (bicyclic) bond motifs is 1. The Labute approximate surface area is 136 Å². The molecule has 116 valence electrons. The molecule has 2 aromatic carbocycles. The smallest absolute Gasteiger partial charge is 0.279 e. The summed E-state index contributed by atoms with van der Waals surface area (Å²) in [6.07, 6.45) is 0. The summed E-state index contributed by atoms with van der Waals surface area (Å²) in [5, 5.41) is 3.21. The van der Waals surface area contributed by atoms with E-state index < -0.39 is 0 Å². The van der Waals surface area contributed by atoms with Crippen molar-refractivity contribution in [2.24, 2.45) is 0 Å². The van der Waals surface area contributed by atoms with Gasteiger partial charge >= 0.3 is 0 Å². The minimum Gasteiger partial charge on any atom is -0.296 e. The summed E-state index contributed by atoms with van der Waals surface area (Å²) in [6.45, 7) is 0.521. The number of thiocarbonyl (C=S) groups is 1. The standard InChI is InChI=1S/C16H14N4O2S/c21-14-12-8-4-5-9-13(12)15(22)20(19-14)16(23)18-17-10-11-6-2-1-3-7-11/h1-9,17H,10H2,(H,18,23)(H,19,21). The van der Waals surface area contributed by atoms with Crippen LogP contribution in [-0.2, 0) is 6.54 Å². The minimum absolute atomic E-state index is 0.0776. The van der Waals surface area contributed by atoms with E-state index in [4.69, 9.17) is 12.2 Å². The van der Waals surface area contributed by atoms with Gasteiger partial charge in [0.25, 0.3) is 11.1 Å². The van der Waals surface area contributed by atoms with E-state index in [9.17, 15) is 9.59 Å². The maximum absolute atomic E-state index is 12.4. The molecule has 0 amide bonds. The molecule has 1 aromatic heterocycles. The van der Waals surface area contributed by atoms with Gasteiger partial charge in [0.2, 0.25) is 5.11 Å². The molecule has 0 atom stereocenters. The first kappa shape index (κ1) is 15.1. The van der Waals surface area contributed by atoms with Gasteiger partial charge in [-0.05, 0) is 29.9 Å². The first-order valence-corrected chi connectivity index (χ1v) is 7.39. The highest BCUT2D eigenvalue weighted by atomic mass is 32.1. The molecule has 0 radical (unpaired) electrons. The second-order valence-electron chi connectivity index (χ2n) is 4.90. The van der Waals surface area contributed by atoms with Crippen molar-refractivity contribution in [2.75, 3.05) is 0 Å². The van der Waals surface area contributed by atoms with Crippen molar-refractivity contribution in [3.63, 3.8) is 0 Å². The zero-order chi connectivity index (χ0) is 16.2. The van der Waals surface area contributed by atoms with Gasteiger partial charge in [-0.3, -0.25) is 20.1 Å². The molecule has 0 aliphatic carbocycles. The third-order valence-corrected chi connectivity index (χ3v) is 3.64. The van der Waals surface area contributed by atoms with Gasteiger partial charge in [0, 0.05) is 6.54 Å². The number of benzene rings is 2. The fourth-order valence-electron chi connectivity index (χ4n) is 2.22. The van der Waals surface area contributed by atoms with E-state index in [1.165, 1.54) is 0 Å². The SMILES string of the molecule is O=c1[nH]n(C(=S)NNCc2ccccc2)c(=O)c2ccccc12. The van der Waals surface area contributed by atoms with Crippen molar-refractivity contribution in [1.29, 1.82) is 0 Å². The molecule has 0 bridgehead atoms. The van der Waals surface area contributed by atoms with E-state index in [0.29, 0.717) is 17.3 Å². The van der Waals surface area contributed by atoms with Crippen LogP contribution in [0.3, 0.4) is 0 Å². The lowest BCUT2D eigenvalue weighted by Crippen LogP contribution is -2.46. The van der Waals surface area contributed by atoms with Crippen molar-refractivity contribution >= 4 is 28.1 Å². The average Bonchev–Trinajstić information content (AvgIpc) is 2.59. The number of nitrogens with zero attached hydrogens (tertiary/aromatic N) is 1. The molecular formula is C16H14N4O2S. The van der Waals surface area contributed by atoms with Gasteiger partial charge in [0.15, 0.2) is 0 Å².